The van der Waals surface area contributed by atoms with Crippen LogP contribution in [0.15, 0.2) is 0 Å². The van der Waals surface area contributed by atoms with Crippen molar-refractivity contribution in [1.29, 1.82) is 0 Å². The lowest BCUT2D eigenvalue weighted by atomic mass is 9.90. The van der Waals surface area contributed by atoms with Gasteiger partial charge in [-0.3, -0.25) is 4.79 Å². The van der Waals surface area contributed by atoms with Crippen LogP contribution in [0.4, 0.5) is 0 Å². The van der Waals surface area contributed by atoms with E-state index in [0.29, 0.717) is 19.2 Å². The van der Waals surface area contributed by atoms with Gasteiger partial charge < -0.3 is 24.6 Å². The highest BCUT2D eigenvalue weighted by Crippen LogP contribution is 2.28. The number of amides is 1. The van der Waals surface area contributed by atoms with Gasteiger partial charge >= 0.3 is 0 Å². The van der Waals surface area contributed by atoms with Crippen LogP contribution in [-0.2, 0) is 14.3 Å². The molecule has 0 aromatic carbocycles. The number of hydrogen-bond acceptors (Lipinski definition) is 5. The molecule has 2 aliphatic heterocycles. The fourth-order valence-corrected chi connectivity index (χ4v) is 3.84. The van der Waals surface area contributed by atoms with E-state index in [-0.39, 0.29) is 18.1 Å². The molecule has 2 heterocycles. The van der Waals surface area contributed by atoms with E-state index in [0.717, 1.165) is 45.6 Å². The van der Waals surface area contributed by atoms with Crippen molar-refractivity contribution in [2.75, 3.05) is 53.0 Å². The van der Waals surface area contributed by atoms with E-state index in [1.165, 1.54) is 12.8 Å². The maximum Gasteiger partial charge on any atom is 0.236 e. The smallest absolute Gasteiger partial charge is 0.236 e. The van der Waals surface area contributed by atoms with Gasteiger partial charge in [-0.1, -0.05) is 12.8 Å². The summed E-state index contributed by atoms with van der Waals surface area (Å²) in [7, 11) is 2.11. The Labute approximate surface area is 133 Å². The van der Waals surface area contributed by atoms with Gasteiger partial charge in [0.25, 0.3) is 0 Å². The summed E-state index contributed by atoms with van der Waals surface area (Å²) in [5, 5.41) is 3.28. The molecule has 0 radical (unpaired) electrons. The lowest BCUT2D eigenvalue weighted by molar-refractivity contribution is -0.148. The number of morpholine rings is 2. The van der Waals surface area contributed by atoms with E-state index in [2.05, 4.69) is 17.3 Å². The van der Waals surface area contributed by atoms with Crippen LogP contribution in [0.3, 0.4) is 0 Å². The normalized spacial score (nSPS) is 33.5. The summed E-state index contributed by atoms with van der Waals surface area (Å²) < 4.78 is 11.5. The van der Waals surface area contributed by atoms with E-state index < -0.39 is 0 Å². The van der Waals surface area contributed by atoms with Crippen LogP contribution in [0.5, 0.6) is 0 Å². The second kappa shape index (κ2) is 7.73. The van der Waals surface area contributed by atoms with E-state index in [4.69, 9.17) is 9.47 Å². The minimum absolute atomic E-state index is 0.193. The Morgan fingerprint density at radius 1 is 1.18 bits per heavy atom. The summed E-state index contributed by atoms with van der Waals surface area (Å²) >= 11 is 0. The molecule has 22 heavy (non-hydrogen) atoms. The molecule has 0 unspecified atom stereocenters. The molecule has 1 amide bonds. The van der Waals surface area contributed by atoms with Crippen LogP contribution >= 0.6 is 0 Å². The maximum atomic E-state index is 12.5. The summed E-state index contributed by atoms with van der Waals surface area (Å²) in [6.07, 6.45) is 5.09. The molecule has 2 saturated heterocycles. The van der Waals surface area contributed by atoms with Crippen LogP contribution in [0.25, 0.3) is 0 Å². The molecule has 3 aliphatic rings. The van der Waals surface area contributed by atoms with Crippen molar-refractivity contribution in [2.45, 2.75) is 43.9 Å². The molecule has 0 spiro atoms. The fourth-order valence-electron chi connectivity index (χ4n) is 3.84. The number of fused-ring (bicyclic) bond motifs is 1. The van der Waals surface area contributed by atoms with Gasteiger partial charge in [0.2, 0.25) is 5.91 Å². The predicted octanol–water partition coefficient (Wildman–Crippen LogP) is 0.0766. The van der Waals surface area contributed by atoms with Gasteiger partial charge in [-0.25, -0.2) is 0 Å². The zero-order valence-corrected chi connectivity index (χ0v) is 13.6. The SMILES string of the molecule is CN1CCO[C@H](CNCC(=O)N2CCO[C@H]3CCCC[C@@H]32)C1. The summed E-state index contributed by atoms with van der Waals surface area (Å²) in [4.78, 5) is 16.8. The third kappa shape index (κ3) is 3.98. The number of nitrogens with zero attached hydrogens (tertiary/aromatic N) is 2. The monoisotopic (exact) mass is 311 g/mol. The first-order valence-corrected chi connectivity index (χ1v) is 8.66. The van der Waals surface area contributed by atoms with Crippen LogP contribution in [0.2, 0.25) is 0 Å². The van der Waals surface area contributed by atoms with Gasteiger partial charge in [0, 0.05) is 26.2 Å². The molecule has 3 rings (SSSR count). The highest BCUT2D eigenvalue weighted by atomic mass is 16.5. The summed E-state index contributed by atoms with van der Waals surface area (Å²) in [6, 6.07) is 0.300. The van der Waals surface area contributed by atoms with Gasteiger partial charge in [-0.05, 0) is 19.9 Å². The first-order valence-electron chi connectivity index (χ1n) is 8.66. The topological polar surface area (TPSA) is 54.0 Å². The van der Waals surface area contributed by atoms with Crippen LogP contribution in [0.1, 0.15) is 25.7 Å². The van der Waals surface area contributed by atoms with Crippen LogP contribution in [0, 0.1) is 0 Å². The van der Waals surface area contributed by atoms with Gasteiger partial charge in [-0.2, -0.15) is 0 Å². The predicted molar refractivity (Wildman–Crippen MR) is 83.8 cm³/mol. The number of carbonyl (C=O) groups is 1. The number of likely N-dealkylation sites (N-methyl/N-ethyl adjacent to an activating group) is 1. The third-order valence-corrected chi connectivity index (χ3v) is 5.04. The zero-order valence-electron chi connectivity index (χ0n) is 13.6. The standard InChI is InChI=1S/C16H29N3O3/c1-18-6-8-21-13(12-18)10-17-11-16(20)19-7-9-22-15-5-3-2-4-14(15)19/h13-15,17H,2-12H2,1H3/t13-,14+,15+/m1/s1. The van der Waals surface area contributed by atoms with Crippen LogP contribution in [-0.4, -0.2) is 86.9 Å². The van der Waals surface area contributed by atoms with Gasteiger partial charge in [0.05, 0.1) is 38.0 Å². The number of ether oxygens (including phenoxy) is 2. The molecule has 6 heteroatoms. The summed E-state index contributed by atoms with van der Waals surface area (Å²) in [5.41, 5.74) is 0. The van der Waals surface area contributed by atoms with Crippen molar-refractivity contribution >= 4 is 5.91 Å². The molecule has 126 valence electrons. The van der Waals surface area contributed by atoms with E-state index in [9.17, 15) is 4.79 Å². The lowest BCUT2D eigenvalue weighted by Gasteiger charge is -2.43. The molecule has 1 N–H and O–H groups in total. The third-order valence-electron chi connectivity index (χ3n) is 5.04. The molecule has 0 bridgehead atoms. The second-order valence-corrected chi connectivity index (χ2v) is 6.73. The quantitative estimate of drug-likeness (QED) is 0.797. The van der Waals surface area contributed by atoms with E-state index >= 15 is 0 Å². The number of nitrogens with one attached hydrogen (secondary N) is 1. The number of rotatable bonds is 4. The summed E-state index contributed by atoms with van der Waals surface area (Å²) in [6.45, 7) is 5.29. The zero-order chi connectivity index (χ0) is 15.4. The van der Waals surface area contributed by atoms with Crippen LogP contribution < -0.4 is 5.32 Å². The van der Waals surface area contributed by atoms with Crippen molar-refractivity contribution in [1.82, 2.24) is 15.1 Å². The molecule has 1 saturated carbocycles. The lowest BCUT2D eigenvalue weighted by Crippen LogP contribution is -2.57. The molecule has 3 atom stereocenters. The molecular formula is C16H29N3O3. The van der Waals surface area contributed by atoms with E-state index in [1.807, 2.05) is 4.90 Å². The minimum atomic E-state index is 0.193. The molecule has 0 aromatic rings. The van der Waals surface area contributed by atoms with Gasteiger partial charge in [-0.15, -0.1) is 0 Å². The second-order valence-electron chi connectivity index (χ2n) is 6.73. The Hall–Kier alpha value is -0.690. The first kappa shape index (κ1) is 16.2. The van der Waals surface area contributed by atoms with Gasteiger partial charge in [0.15, 0.2) is 0 Å². The Kier molecular flexibility index (Phi) is 5.68. The molecular weight excluding hydrogens is 282 g/mol. The molecule has 3 fully saturated rings. The Morgan fingerprint density at radius 3 is 2.86 bits per heavy atom. The fraction of sp³-hybridized carbons (Fsp3) is 0.938. The number of carbonyl (C=O) groups excluding carboxylic acids is 1. The van der Waals surface area contributed by atoms with Crippen molar-refractivity contribution < 1.29 is 14.3 Å². The van der Waals surface area contributed by atoms with Crippen molar-refractivity contribution in [3.05, 3.63) is 0 Å². The van der Waals surface area contributed by atoms with E-state index in [1.54, 1.807) is 0 Å². The highest BCUT2D eigenvalue weighted by molar-refractivity contribution is 5.78. The number of hydrogen-bond donors (Lipinski definition) is 1. The first-order chi connectivity index (χ1) is 10.7. The molecule has 1 aliphatic carbocycles. The highest BCUT2D eigenvalue weighted by Gasteiger charge is 2.36. The van der Waals surface area contributed by atoms with Crippen molar-refractivity contribution in [2.24, 2.45) is 0 Å². The van der Waals surface area contributed by atoms with Crippen molar-refractivity contribution in [3.63, 3.8) is 0 Å². The average molecular weight is 311 g/mol. The average Bonchev–Trinajstić information content (AvgIpc) is 2.54. The molecule has 6 nitrogen and oxygen atoms in total. The Balaban J connectivity index is 1.43. The van der Waals surface area contributed by atoms with Crippen molar-refractivity contribution in [3.8, 4) is 0 Å². The largest absolute Gasteiger partial charge is 0.374 e. The van der Waals surface area contributed by atoms with Gasteiger partial charge in [0.1, 0.15) is 0 Å². The maximum absolute atomic E-state index is 12.5. The Morgan fingerprint density at radius 2 is 2.00 bits per heavy atom. The summed E-state index contributed by atoms with van der Waals surface area (Å²) in [5.74, 6) is 0.212. The molecule has 0 aromatic heterocycles. The Bertz CT molecular complexity index is 378. The minimum Gasteiger partial charge on any atom is -0.374 e.